The number of hydrogen-bond acceptors (Lipinski definition) is 6. The molecular formula is C18H27N5O3S. The Hall–Kier alpha value is -2.29. The minimum absolute atomic E-state index is 0.113. The zero-order valence-corrected chi connectivity index (χ0v) is 17.7. The molecule has 148 valence electrons. The molecule has 2 aromatic heterocycles. The lowest BCUT2D eigenvalue weighted by Gasteiger charge is -2.16. The van der Waals surface area contributed by atoms with Crippen LogP contribution in [0.4, 0.5) is 5.82 Å². The largest absolute Gasteiger partial charge is 0.384 e. The van der Waals surface area contributed by atoms with E-state index in [1.54, 1.807) is 6.92 Å². The first-order valence-electron chi connectivity index (χ1n) is 8.77. The van der Waals surface area contributed by atoms with Gasteiger partial charge < -0.3 is 10.3 Å². The SMILES string of the molecule is Cc1nc(SC(C)C(=O)c2c(N)n(C)c(=O)n(C)c2=O)n(CC(C)C)c1C. The molecular weight excluding hydrogens is 366 g/mol. The molecule has 2 rings (SSSR count). The molecule has 2 aromatic rings. The molecule has 0 aliphatic heterocycles. The Morgan fingerprint density at radius 3 is 2.30 bits per heavy atom. The number of Topliss-reactive ketones (excluding diaryl/α,β-unsaturated/α-hetero) is 1. The van der Waals surface area contributed by atoms with Gasteiger partial charge in [-0.3, -0.25) is 18.7 Å². The van der Waals surface area contributed by atoms with Crippen LogP contribution >= 0.6 is 11.8 Å². The van der Waals surface area contributed by atoms with Crippen molar-refractivity contribution in [2.24, 2.45) is 20.0 Å². The van der Waals surface area contributed by atoms with Crippen molar-refractivity contribution < 1.29 is 4.79 Å². The van der Waals surface area contributed by atoms with Crippen LogP contribution in [0.5, 0.6) is 0 Å². The van der Waals surface area contributed by atoms with Crippen LogP contribution in [-0.4, -0.2) is 29.7 Å². The number of imidazole rings is 1. The molecule has 0 radical (unpaired) electrons. The van der Waals surface area contributed by atoms with Crippen molar-refractivity contribution in [2.75, 3.05) is 5.73 Å². The second kappa shape index (κ2) is 7.75. The first-order valence-corrected chi connectivity index (χ1v) is 9.65. The van der Waals surface area contributed by atoms with Crippen molar-refractivity contribution in [3.63, 3.8) is 0 Å². The number of carbonyl (C=O) groups excluding carboxylic acids is 1. The standard InChI is InChI=1S/C18H27N5O3S/c1-9(2)8-23-11(4)10(3)20-17(23)27-12(5)14(24)13-15(19)21(6)18(26)22(7)16(13)25/h9,12H,8,19H2,1-7H3. The fraction of sp³-hybridized carbons (Fsp3) is 0.556. The number of nitrogens with zero attached hydrogens (tertiary/aromatic N) is 4. The molecule has 0 spiro atoms. The zero-order chi connectivity index (χ0) is 20.6. The van der Waals surface area contributed by atoms with Gasteiger partial charge in [0.05, 0.1) is 10.9 Å². The summed E-state index contributed by atoms with van der Waals surface area (Å²) in [4.78, 5) is 41.9. The highest BCUT2D eigenvalue weighted by molar-refractivity contribution is 8.00. The average molecular weight is 394 g/mol. The average Bonchev–Trinajstić information content (AvgIpc) is 2.85. The number of carbonyl (C=O) groups is 1. The summed E-state index contributed by atoms with van der Waals surface area (Å²) in [6.07, 6.45) is 0. The van der Waals surface area contributed by atoms with Gasteiger partial charge >= 0.3 is 5.69 Å². The molecule has 2 N–H and O–H groups in total. The van der Waals surface area contributed by atoms with E-state index in [9.17, 15) is 14.4 Å². The Morgan fingerprint density at radius 2 is 1.74 bits per heavy atom. The summed E-state index contributed by atoms with van der Waals surface area (Å²) in [5, 5.41) is 0.157. The summed E-state index contributed by atoms with van der Waals surface area (Å²) < 4.78 is 4.10. The number of anilines is 1. The minimum atomic E-state index is -0.675. The molecule has 1 unspecified atom stereocenters. The van der Waals surface area contributed by atoms with Crippen molar-refractivity contribution in [3.05, 3.63) is 37.8 Å². The second-order valence-electron chi connectivity index (χ2n) is 7.16. The molecule has 0 saturated heterocycles. The van der Waals surface area contributed by atoms with Gasteiger partial charge in [0.25, 0.3) is 5.56 Å². The normalized spacial score (nSPS) is 12.6. The smallest absolute Gasteiger partial charge is 0.332 e. The predicted molar refractivity (Wildman–Crippen MR) is 108 cm³/mol. The van der Waals surface area contributed by atoms with Crippen LogP contribution in [0.1, 0.15) is 42.5 Å². The van der Waals surface area contributed by atoms with Gasteiger partial charge in [-0.15, -0.1) is 0 Å². The Morgan fingerprint density at radius 1 is 1.15 bits per heavy atom. The van der Waals surface area contributed by atoms with Crippen molar-refractivity contribution in [3.8, 4) is 0 Å². The quantitative estimate of drug-likeness (QED) is 0.589. The maximum atomic E-state index is 13.0. The van der Waals surface area contributed by atoms with Crippen LogP contribution in [0.3, 0.4) is 0 Å². The van der Waals surface area contributed by atoms with E-state index in [1.165, 1.54) is 25.9 Å². The van der Waals surface area contributed by atoms with Crippen molar-refractivity contribution in [1.29, 1.82) is 0 Å². The first-order chi connectivity index (χ1) is 12.5. The highest BCUT2D eigenvalue weighted by Gasteiger charge is 2.27. The van der Waals surface area contributed by atoms with Crippen molar-refractivity contribution >= 4 is 23.4 Å². The molecule has 0 bridgehead atoms. The van der Waals surface area contributed by atoms with E-state index < -0.39 is 22.3 Å². The number of nitrogen functional groups attached to an aromatic ring is 1. The van der Waals surface area contributed by atoms with Gasteiger partial charge in [-0.25, -0.2) is 9.78 Å². The molecule has 8 nitrogen and oxygen atoms in total. The van der Waals surface area contributed by atoms with Gasteiger partial charge in [0.1, 0.15) is 11.4 Å². The van der Waals surface area contributed by atoms with Gasteiger partial charge in [0.15, 0.2) is 10.9 Å². The molecule has 0 aromatic carbocycles. The summed E-state index contributed by atoms with van der Waals surface area (Å²) in [6, 6.07) is 0. The molecule has 0 aliphatic carbocycles. The van der Waals surface area contributed by atoms with E-state index >= 15 is 0 Å². The molecule has 9 heteroatoms. The molecule has 1 atom stereocenters. The fourth-order valence-corrected chi connectivity index (χ4v) is 3.87. The zero-order valence-electron chi connectivity index (χ0n) is 16.9. The fourth-order valence-electron chi connectivity index (χ4n) is 2.80. The van der Waals surface area contributed by atoms with Gasteiger partial charge in [-0.1, -0.05) is 25.6 Å². The topological polar surface area (TPSA) is 105 Å². The maximum Gasteiger partial charge on any atom is 0.332 e. The number of thioether (sulfide) groups is 1. The van der Waals surface area contributed by atoms with E-state index in [4.69, 9.17) is 5.73 Å². The van der Waals surface area contributed by atoms with Crippen molar-refractivity contribution in [1.82, 2.24) is 18.7 Å². The van der Waals surface area contributed by atoms with E-state index in [0.717, 1.165) is 32.2 Å². The van der Waals surface area contributed by atoms with Crippen molar-refractivity contribution in [2.45, 2.75) is 51.6 Å². The second-order valence-corrected chi connectivity index (χ2v) is 8.47. The van der Waals surface area contributed by atoms with Gasteiger partial charge in [0.2, 0.25) is 0 Å². The van der Waals surface area contributed by atoms with Gasteiger partial charge in [-0.05, 0) is 26.7 Å². The van der Waals surface area contributed by atoms with Crippen LogP contribution in [0.2, 0.25) is 0 Å². The van der Waals surface area contributed by atoms with Gasteiger partial charge in [0, 0.05) is 26.3 Å². The van der Waals surface area contributed by atoms with Gasteiger partial charge in [-0.2, -0.15) is 0 Å². The maximum absolute atomic E-state index is 13.0. The highest BCUT2D eigenvalue weighted by atomic mass is 32.2. The summed E-state index contributed by atoms with van der Waals surface area (Å²) in [6.45, 7) is 10.7. The van der Waals surface area contributed by atoms with Crippen LogP contribution in [0.15, 0.2) is 14.7 Å². The van der Waals surface area contributed by atoms with Crippen LogP contribution in [0.25, 0.3) is 0 Å². The van der Waals surface area contributed by atoms with E-state index in [-0.39, 0.29) is 11.4 Å². The van der Waals surface area contributed by atoms with Crippen LogP contribution in [-0.2, 0) is 20.6 Å². The molecule has 0 aliphatic rings. The lowest BCUT2D eigenvalue weighted by molar-refractivity contribution is 0.0992. The third-order valence-corrected chi connectivity index (χ3v) is 5.67. The molecule has 0 saturated carbocycles. The Labute approximate surface area is 162 Å². The number of aromatic nitrogens is 4. The Kier molecular flexibility index (Phi) is 6.04. The van der Waals surface area contributed by atoms with Crippen LogP contribution in [0, 0.1) is 19.8 Å². The molecule has 0 amide bonds. The summed E-state index contributed by atoms with van der Waals surface area (Å²) in [5.41, 5.74) is 6.48. The summed E-state index contributed by atoms with van der Waals surface area (Å²) in [7, 11) is 2.77. The molecule has 2 heterocycles. The lowest BCUT2D eigenvalue weighted by atomic mass is 10.1. The Bertz CT molecular complexity index is 1000. The number of ketones is 1. The van der Waals surface area contributed by atoms with E-state index in [1.807, 2.05) is 13.8 Å². The van der Waals surface area contributed by atoms with Crippen LogP contribution < -0.4 is 17.0 Å². The lowest BCUT2D eigenvalue weighted by Crippen LogP contribution is -2.42. The number of rotatable bonds is 6. The summed E-state index contributed by atoms with van der Waals surface area (Å²) in [5.74, 6) is -0.101. The minimum Gasteiger partial charge on any atom is -0.384 e. The predicted octanol–water partition coefficient (Wildman–Crippen LogP) is 1.50. The monoisotopic (exact) mass is 393 g/mol. The van der Waals surface area contributed by atoms with E-state index in [0.29, 0.717) is 5.92 Å². The third kappa shape index (κ3) is 3.87. The molecule has 27 heavy (non-hydrogen) atoms. The Balaban J connectivity index is 2.43. The highest BCUT2D eigenvalue weighted by Crippen LogP contribution is 2.28. The van der Waals surface area contributed by atoms with E-state index in [2.05, 4.69) is 23.4 Å². The third-order valence-electron chi connectivity index (χ3n) is 4.58. The first kappa shape index (κ1) is 21.0. The number of aryl methyl sites for hydroxylation is 1. The number of nitrogens with two attached hydrogens (primary N) is 1. The summed E-state index contributed by atoms with van der Waals surface area (Å²) >= 11 is 1.29. The number of hydrogen-bond donors (Lipinski definition) is 1. The molecule has 0 fully saturated rings.